The zero-order valence-electron chi connectivity index (χ0n) is 15.6. The monoisotopic (exact) mass is 444 g/mol. The van der Waals surface area contributed by atoms with Crippen LogP contribution in [-0.4, -0.2) is 21.1 Å². The molecule has 0 bridgehead atoms. The molecule has 9 heteroatoms. The van der Waals surface area contributed by atoms with Crippen molar-refractivity contribution in [3.05, 3.63) is 82.9 Å². The van der Waals surface area contributed by atoms with Crippen molar-refractivity contribution in [2.24, 2.45) is 0 Å². The molecular formula is C21H17ClN2O5S. The number of para-hydroxylation sites is 1. The number of nitrogens with one attached hydrogen (secondary N) is 2. The van der Waals surface area contributed by atoms with E-state index in [2.05, 4.69) is 10.0 Å². The Bertz CT molecular complexity index is 1200. The molecule has 1 heterocycles. The molecule has 1 aliphatic heterocycles. The predicted molar refractivity (Wildman–Crippen MR) is 112 cm³/mol. The average Bonchev–Trinajstić information content (AvgIpc) is 3.20. The highest BCUT2D eigenvalue weighted by Gasteiger charge is 2.19. The third-order valence-corrected chi connectivity index (χ3v) is 6.06. The van der Waals surface area contributed by atoms with E-state index >= 15 is 0 Å². The van der Waals surface area contributed by atoms with Crippen molar-refractivity contribution in [1.29, 1.82) is 0 Å². The molecule has 0 saturated carbocycles. The second-order valence-electron chi connectivity index (χ2n) is 6.48. The van der Waals surface area contributed by atoms with Crippen molar-refractivity contribution in [3.8, 4) is 11.5 Å². The predicted octanol–water partition coefficient (Wildman–Crippen LogP) is 3.80. The number of hydrogen-bond acceptors (Lipinski definition) is 5. The largest absolute Gasteiger partial charge is 0.454 e. The molecule has 30 heavy (non-hydrogen) atoms. The molecule has 0 aliphatic carbocycles. The summed E-state index contributed by atoms with van der Waals surface area (Å²) in [5.74, 6) is 0.868. The van der Waals surface area contributed by atoms with Crippen LogP contribution < -0.4 is 19.5 Å². The van der Waals surface area contributed by atoms with Gasteiger partial charge in [0.1, 0.15) is 0 Å². The van der Waals surface area contributed by atoms with Gasteiger partial charge in [-0.2, -0.15) is 0 Å². The molecule has 7 nitrogen and oxygen atoms in total. The Morgan fingerprint density at radius 2 is 1.70 bits per heavy atom. The molecule has 1 amide bonds. The second kappa shape index (κ2) is 8.25. The number of ether oxygens (including phenoxy) is 2. The Balaban J connectivity index is 1.49. The van der Waals surface area contributed by atoms with Crippen LogP contribution in [0.15, 0.2) is 71.6 Å². The number of benzene rings is 3. The number of amides is 1. The highest BCUT2D eigenvalue weighted by atomic mass is 35.5. The number of fused-ring (bicyclic) bond motifs is 1. The molecule has 3 aromatic rings. The lowest BCUT2D eigenvalue weighted by Crippen LogP contribution is -2.25. The van der Waals surface area contributed by atoms with E-state index in [1.54, 1.807) is 30.3 Å². The van der Waals surface area contributed by atoms with Gasteiger partial charge in [-0.3, -0.25) is 9.52 Å². The van der Waals surface area contributed by atoms with Gasteiger partial charge in [0.15, 0.2) is 11.5 Å². The minimum Gasteiger partial charge on any atom is -0.454 e. The van der Waals surface area contributed by atoms with Gasteiger partial charge in [0.2, 0.25) is 6.79 Å². The fourth-order valence-electron chi connectivity index (χ4n) is 2.92. The first-order chi connectivity index (χ1) is 14.4. The topological polar surface area (TPSA) is 93.7 Å². The fraction of sp³-hybridized carbons (Fsp3) is 0.0952. The van der Waals surface area contributed by atoms with Gasteiger partial charge >= 0.3 is 0 Å². The lowest BCUT2D eigenvalue weighted by molar-refractivity contribution is 0.0951. The molecule has 0 spiro atoms. The van der Waals surface area contributed by atoms with E-state index in [1.807, 2.05) is 6.07 Å². The SMILES string of the molecule is O=C(NCc1ccc2c(c1)OCO2)c1ccccc1NS(=O)(=O)c1ccc(Cl)cc1. The standard InChI is InChI=1S/C21H17ClN2O5S/c22-15-6-8-16(9-7-15)30(26,27)24-18-4-2-1-3-17(18)21(25)23-12-14-5-10-19-20(11-14)29-13-28-19/h1-11,24H,12-13H2,(H,23,25). The molecule has 4 rings (SSSR count). The van der Waals surface area contributed by atoms with Crippen molar-refractivity contribution in [2.45, 2.75) is 11.4 Å². The summed E-state index contributed by atoms with van der Waals surface area (Å²) in [5.41, 5.74) is 1.21. The van der Waals surface area contributed by atoms with Crippen molar-refractivity contribution in [3.63, 3.8) is 0 Å². The Morgan fingerprint density at radius 3 is 2.50 bits per heavy atom. The molecular weight excluding hydrogens is 428 g/mol. The van der Waals surface area contributed by atoms with Crippen LogP contribution in [0.4, 0.5) is 5.69 Å². The van der Waals surface area contributed by atoms with Crippen molar-refractivity contribution in [1.82, 2.24) is 5.32 Å². The lowest BCUT2D eigenvalue weighted by atomic mass is 10.1. The highest BCUT2D eigenvalue weighted by molar-refractivity contribution is 7.92. The van der Waals surface area contributed by atoms with Gasteiger partial charge in [-0.1, -0.05) is 29.8 Å². The van der Waals surface area contributed by atoms with Gasteiger partial charge in [-0.25, -0.2) is 8.42 Å². The summed E-state index contributed by atoms with van der Waals surface area (Å²) in [6, 6.07) is 17.5. The van der Waals surface area contributed by atoms with Gasteiger partial charge < -0.3 is 14.8 Å². The summed E-state index contributed by atoms with van der Waals surface area (Å²) in [4.78, 5) is 12.8. The van der Waals surface area contributed by atoms with Gasteiger partial charge in [0.25, 0.3) is 15.9 Å². The van der Waals surface area contributed by atoms with Crippen LogP contribution in [0.1, 0.15) is 15.9 Å². The minimum absolute atomic E-state index is 0.0440. The van der Waals surface area contributed by atoms with Crippen LogP contribution in [0.2, 0.25) is 5.02 Å². The average molecular weight is 445 g/mol. The normalized spacial score (nSPS) is 12.4. The van der Waals surface area contributed by atoms with E-state index in [0.717, 1.165) is 5.56 Å². The van der Waals surface area contributed by atoms with E-state index < -0.39 is 15.9 Å². The summed E-state index contributed by atoms with van der Waals surface area (Å²) in [6.45, 7) is 0.417. The van der Waals surface area contributed by atoms with Crippen LogP contribution in [0.5, 0.6) is 11.5 Å². The smallest absolute Gasteiger partial charge is 0.261 e. The second-order valence-corrected chi connectivity index (χ2v) is 8.59. The van der Waals surface area contributed by atoms with E-state index in [-0.39, 0.29) is 29.5 Å². The summed E-state index contributed by atoms with van der Waals surface area (Å²) >= 11 is 5.82. The van der Waals surface area contributed by atoms with Gasteiger partial charge in [-0.05, 0) is 54.1 Å². The van der Waals surface area contributed by atoms with E-state index in [9.17, 15) is 13.2 Å². The van der Waals surface area contributed by atoms with E-state index in [0.29, 0.717) is 16.5 Å². The summed E-state index contributed by atoms with van der Waals surface area (Å²) in [5, 5.41) is 3.22. The van der Waals surface area contributed by atoms with Gasteiger partial charge in [0.05, 0.1) is 16.1 Å². The molecule has 0 aromatic heterocycles. The number of carbonyl (C=O) groups is 1. The summed E-state index contributed by atoms with van der Waals surface area (Å²) < 4.78 is 38.4. The number of rotatable bonds is 6. The number of sulfonamides is 1. The first-order valence-corrected chi connectivity index (χ1v) is 10.8. The van der Waals surface area contributed by atoms with E-state index in [4.69, 9.17) is 21.1 Å². The zero-order valence-corrected chi connectivity index (χ0v) is 17.2. The maximum absolute atomic E-state index is 12.7. The van der Waals surface area contributed by atoms with Crippen LogP contribution in [-0.2, 0) is 16.6 Å². The van der Waals surface area contributed by atoms with Crippen LogP contribution in [0, 0.1) is 0 Å². The van der Waals surface area contributed by atoms with Crippen LogP contribution in [0.25, 0.3) is 0 Å². The number of hydrogen-bond donors (Lipinski definition) is 2. The third-order valence-electron chi connectivity index (χ3n) is 4.43. The van der Waals surface area contributed by atoms with Crippen LogP contribution in [0.3, 0.4) is 0 Å². The fourth-order valence-corrected chi connectivity index (χ4v) is 4.12. The third kappa shape index (κ3) is 4.34. The molecule has 154 valence electrons. The maximum Gasteiger partial charge on any atom is 0.261 e. The molecule has 0 fully saturated rings. The molecule has 0 atom stereocenters. The van der Waals surface area contributed by atoms with Crippen LogP contribution >= 0.6 is 11.6 Å². The van der Waals surface area contributed by atoms with Crippen molar-refractivity contribution < 1.29 is 22.7 Å². The maximum atomic E-state index is 12.7. The summed E-state index contributed by atoms with van der Waals surface area (Å²) in [6.07, 6.45) is 0. The minimum atomic E-state index is -3.88. The Hall–Kier alpha value is -3.23. The first kappa shape index (κ1) is 20.1. The number of anilines is 1. The van der Waals surface area contributed by atoms with Crippen molar-refractivity contribution >= 4 is 33.2 Å². The zero-order chi connectivity index (χ0) is 21.1. The van der Waals surface area contributed by atoms with Crippen molar-refractivity contribution in [2.75, 3.05) is 11.5 Å². The molecule has 2 N–H and O–H groups in total. The molecule has 0 radical (unpaired) electrons. The number of carbonyl (C=O) groups excluding carboxylic acids is 1. The molecule has 1 aliphatic rings. The van der Waals surface area contributed by atoms with Gasteiger partial charge in [-0.15, -0.1) is 0 Å². The Labute approximate surface area is 178 Å². The quantitative estimate of drug-likeness (QED) is 0.603. The molecule has 0 saturated heterocycles. The molecule has 3 aromatic carbocycles. The highest BCUT2D eigenvalue weighted by Crippen LogP contribution is 2.32. The molecule has 0 unspecified atom stereocenters. The summed E-state index contributed by atoms with van der Waals surface area (Å²) in [7, 11) is -3.88. The van der Waals surface area contributed by atoms with Gasteiger partial charge in [0, 0.05) is 11.6 Å². The van der Waals surface area contributed by atoms with E-state index in [1.165, 1.54) is 30.3 Å². The number of halogens is 1. The lowest BCUT2D eigenvalue weighted by Gasteiger charge is -2.13. The first-order valence-electron chi connectivity index (χ1n) is 8.96. The Morgan fingerprint density at radius 1 is 0.967 bits per heavy atom. The Kier molecular flexibility index (Phi) is 5.52.